The molecule has 3 N–H and O–H groups in total. The molecular weight excluding hydrogens is 246 g/mol. The Morgan fingerprint density at radius 1 is 1.32 bits per heavy atom. The van der Waals surface area contributed by atoms with Gasteiger partial charge in [-0.2, -0.15) is 0 Å². The van der Waals surface area contributed by atoms with E-state index < -0.39 is 5.91 Å². The van der Waals surface area contributed by atoms with Crippen LogP contribution in [0.3, 0.4) is 0 Å². The zero-order valence-electron chi connectivity index (χ0n) is 11.2. The Kier molecular flexibility index (Phi) is 7.53. The van der Waals surface area contributed by atoms with E-state index in [1.165, 1.54) is 6.20 Å². The fourth-order valence-corrected chi connectivity index (χ4v) is 1.43. The fraction of sp³-hybridized carbons (Fsp3) is 0.538. The number of amides is 1. The van der Waals surface area contributed by atoms with E-state index in [9.17, 15) is 4.79 Å². The summed E-state index contributed by atoms with van der Waals surface area (Å²) in [6, 6.07) is 3.40. The van der Waals surface area contributed by atoms with E-state index in [0.29, 0.717) is 18.8 Å². The maximum Gasteiger partial charge on any atom is 0.250 e. The predicted molar refractivity (Wildman–Crippen MR) is 73.2 cm³/mol. The lowest BCUT2D eigenvalue weighted by Gasteiger charge is -2.06. The van der Waals surface area contributed by atoms with Crippen LogP contribution in [0.2, 0.25) is 0 Å². The van der Waals surface area contributed by atoms with E-state index in [1.807, 2.05) is 0 Å². The SMILES string of the molecule is COCCOCCCCNc1ccc(C(N)=O)cn1. The highest BCUT2D eigenvalue weighted by Crippen LogP contribution is 2.04. The van der Waals surface area contributed by atoms with E-state index in [-0.39, 0.29) is 0 Å². The normalized spacial score (nSPS) is 10.4. The lowest BCUT2D eigenvalue weighted by atomic mass is 10.2. The van der Waals surface area contributed by atoms with Crippen LogP contribution in [0, 0.1) is 0 Å². The average molecular weight is 267 g/mol. The molecule has 0 aliphatic rings. The predicted octanol–water partition coefficient (Wildman–Crippen LogP) is 1.04. The molecule has 0 aliphatic carbocycles. The Bertz CT molecular complexity index is 368. The monoisotopic (exact) mass is 267 g/mol. The van der Waals surface area contributed by atoms with Gasteiger partial charge in [0.2, 0.25) is 5.91 Å². The minimum atomic E-state index is -0.466. The molecule has 0 radical (unpaired) electrons. The molecule has 19 heavy (non-hydrogen) atoms. The van der Waals surface area contributed by atoms with Crippen molar-refractivity contribution in [1.82, 2.24) is 4.98 Å². The van der Waals surface area contributed by atoms with Gasteiger partial charge >= 0.3 is 0 Å². The number of nitrogens with two attached hydrogens (primary N) is 1. The number of carbonyl (C=O) groups is 1. The summed E-state index contributed by atoms with van der Waals surface area (Å²) in [5, 5.41) is 3.17. The number of rotatable bonds is 10. The summed E-state index contributed by atoms with van der Waals surface area (Å²) in [5.41, 5.74) is 5.55. The van der Waals surface area contributed by atoms with Gasteiger partial charge in [-0.3, -0.25) is 4.79 Å². The summed E-state index contributed by atoms with van der Waals surface area (Å²) >= 11 is 0. The number of nitrogens with one attached hydrogen (secondary N) is 1. The molecule has 0 unspecified atom stereocenters. The number of anilines is 1. The number of carbonyl (C=O) groups excluding carboxylic acids is 1. The van der Waals surface area contributed by atoms with Crippen LogP contribution in [0.15, 0.2) is 18.3 Å². The van der Waals surface area contributed by atoms with Crippen LogP contribution in [0.25, 0.3) is 0 Å². The lowest BCUT2D eigenvalue weighted by Crippen LogP contribution is -2.12. The van der Waals surface area contributed by atoms with Crippen LogP contribution < -0.4 is 11.1 Å². The van der Waals surface area contributed by atoms with E-state index in [1.54, 1.807) is 19.2 Å². The first-order chi connectivity index (χ1) is 9.24. The summed E-state index contributed by atoms with van der Waals surface area (Å²) in [5.74, 6) is 0.276. The molecule has 0 aromatic carbocycles. The minimum absolute atomic E-state index is 0.414. The third-order valence-electron chi connectivity index (χ3n) is 2.50. The first kappa shape index (κ1) is 15.4. The Morgan fingerprint density at radius 2 is 2.16 bits per heavy atom. The number of primary amides is 1. The molecule has 0 saturated carbocycles. The average Bonchev–Trinajstić information content (AvgIpc) is 2.42. The van der Waals surface area contributed by atoms with Crippen LogP contribution in [0.1, 0.15) is 23.2 Å². The van der Waals surface area contributed by atoms with E-state index in [2.05, 4.69) is 10.3 Å². The van der Waals surface area contributed by atoms with Gasteiger partial charge in [-0.1, -0.05) is 0 Å². The highest BCUT2D eigenvalue weighted by Gasteiger charge is 2.00. The topological polar surface area (TPSA) is 86.5 Å². The second-order valence-electron chi connectivity index (χ2n) is 4.04. The lowest BCUT2D eigenvalue weighted by molar-refractivity contribution is 0.0691. The van der Waals surface area contributed by atoms with Gasteiger partial charge in [-0.25, -0.2) is 4.98 Å². The fourth-order valence-electron chi connectivity index (χ4n) is 1.43. The maximum absolute atomic E-state index is 10.9. The number of aromatic nitrogens is 1. The molecule has 6 nitrogen and oxygen atoms in total. The molecule has 1 heterocycles. The Morgan fingerprint density at radius 3 is 2.79 bits per heavy atom. The van der Waals surface area contributed by atoms with Gasteiger partial charge in [0.1, 0.15) is 5.82 Å². The van der Waals surface area contributed by atoms with E-state index in [4.69, 9.17) is 15.2 Å². The number of unbranched alkanes of at least 4 members (excludes halogenated alkanes) is 1. The molecule has 6 heteroatoms. The number of pyridine rings is 1. The molecular formula is C13H21N3O3. The van der Waals surface area contributed by atoms with Crippen LogP contribution in [0.5, 0.6) is 0 Å². The molecule has 1 aromatic heterocycles. The molecule has 106 valence electrons. The van der Waals surface area contributed by atoms with Crippen molar-refractivity contribution < 1.29 is 14.3 Å². The highest BCUT2D eigenvalue weighted by molar-refractivity contribution is 5.92. The molecule has 0 saturated heterocycles. The minimum Gasteiger partial charge on any atom is -0.382 e. The molecule has 1 rings (SSSR count). The number of hydrogen-bond donors (Lipinski definition) is 2. The van der Waals surface area contributed by atoms with Gasteiger partial charge in [0.25, 0.3) is 0 Å². The van der Waals surface area contributed by atoms with Gasteiger partial charge in [0.05, 0.1) is 18.8 Å². The molecule has 1 amide bonds. The zero-order valence-corrected chi connectivity index (χ0v) is 11.2. The van der Waals surface area contributed by atoms with Gasteiger partial charge in [-0.05, 0) is 25.0 Å². The first-order valence-electron chi connectivity index (χ1n) is 6.30. The Labute approximate surface area is 113 Å². The molecule has 0 spiro atoms. The van der Waals surface area contributed by atoms with E-state index in [0.717, 1.165) is 31.8 Å². The molecule has 0 bridgehead atoms. The second kappa shape index (κ2) is 9.29. The van der Waals surface area contributed by atoms with Crippen LogP contribution >= 0.6 is 0 Å². The van der Waals surface area contributed by atoms with Crippen molar-refractivity contribution in [3.8, 4) is 0 Å². The largest absolute Gasteiger partial charge is 0.382 e. The molecule has 0 fully saturated rings. The van der Waals surface area contributed by atoms with Crippen molar-refractivity contribution in [2.24, 2.45) is 5.73 Å². The Balaban J connectivity index is 2.07. The van der Waals surface area contributed by atoms with Crippen molar-refractivity contribution in [2.75, 3.05) is 38.8 Å². The van der Waals surface area contributed by atoms with Crippen molar-refractivity contribution in [3.63, 3.8) is 0 Å². The number of ether oxygens (including phenoxy) is 2. The number of hydrogen-bond acceptors (Lipinski definition) is 5. The van der Waals surface area contributed by atoms with Crippen molar-refractivity contribution in [1.29, 1.82) is 0 Å². The third-order valence-corrected chi connectivity index (χ3v) is 2.50. The maximum atomic E-state index is 10.9. The van der Waals surface area contributed by atoms with Gasteiger partial charge in [-0.15, -0.1) is 0 Å². The van der Waals surface area contributed by atoms with Crippen LogP contribution in [-0.2, 0) is 9.47 Å². The summed E-state index contributed by atoms with van der Waals surface area (Å²) in [7, 11) is 1.66. The summed E-state index contributed by atoms with van der Waals surface area (Å²) in [6.07, 6.45) is 3.45. The third kappa shape index (κ3) is 6.73. The van der Waals surface area contributed by atoms with Gasteiger partial charge in [0.15, 0.2) is 0 Å². The smallest absolute Gasteiger partial charge is 0.250 e. The highest BCUT2D eigenvalue weighted by atomic mass is 16.5. The molecule has 0 atom stereocenters. The standard InChI is InChI=1S/C13H21N3O3/c1-18-8-9-19-7-3-2-6-15-12-5-4-11(10-16-12)13(14)17/h4-5,10H,2-3,6-9H2,1H3,(H2,14,17)(H,15,16). The number of nitrogens with zero attached hydrogens (tertiary/aromatic N) is 1. The summed E-state index contributed by atoms with van der Waals surface area (Å²) < 4.78 is 10.2. The summed E-state index contributed by atoms with van der Waals surface area (Å²) in [6.45, 7) is 2.82. The molecule has 0 aliphatic heterocycles. The second-order valence-corrected chi connectivity index (χ2v) is 4.04. The van der Waals surface area contributed by atoms with Crippen molar-refractivity contribution in [2.45, 2.75) is 12.8 Å². The quantitative estimate of drug-likeness (QED) is 0.618. The van der Waals surface area contributed by atoms with Crippen molar-refractivity contribution >= 4 is 11.7 Å². The zero-order chi connectivity index (χ0) is 13.9. The summed E-state index contributed by atoms with van der Waals surface area (Å²) in [4.78, 5) is 15.0. The van der Waals surface area contributed by atoms with Gasteiger partial charge < -0.3 is 20.5 Å². The van der Waals surface area contributed by atoms with E-state index >= 15 is 0 Å². The van der Waals surface area contributed by atoms with Gasteiger partial charge in [0, 0.05) is 26.5 Å². The first-order valence-corrected chi connectivity index (χ1v) is 6.30. The van der Waals surface area contributed by atoms with Crippen LogP contribution in [-0.4, -0.2) is 44.4 Å². The van der Waals surface area contributed by atoms with Crippen LogP contribution in [0.4, 0.5) is 5.82 Å². The van der Waals surface area contributed by atoms with Crippen molar-refractivity contribution in [3.05, 3.63) is 23.9 Å². The molecule has 1 aromatic rings. The Hall–Kier alpha value is -1.66. The number of methoxy groups -OCH3 is 1.